The predicted molar refractivity (Wildman–Crippen MR) is 117 cm³/mol. The Hall–Kier alpha value is -2.94. The lowest BCUT2D eigenvalue weighted by atomic mass is 9.96. The van der Waals surface area contributed by atoms with Gasteiger partial charge in [0, 0.05) is 53.6 Å². The molecule has 0 saturated heterocycles. The van der Waals surface area contributed by atoms with Gasteiger partial charge in [-0.05, 0) is 36.2 Å². The van der Waals surface area contributed by atoms with Gasteiger partial charge in [0.15, 0.2) is 0 Å². The molecular weight excluding hydrogens is 443 g/mol. The number of nitro benzene ring substituents is 1. The van der Waals surface area contributed by atoms with Crippen molar-refractivity contribution in [3.05, 3.63) is 79.4 Å². The molecule has 1 aliphatic heterocycles. The fourth-order valence-corrected chi connectivity index (χ4v) is 4.33. The van der Waals surface area contributed by atoms with Crippen molar-refractivity contribution in [3.8, 4) is 11.3 Å². The number of nitrogens with one attached hydrogen (secondary N) is 1. The quantitative estimate of drug-likeness (QED) is 0.307. The van der Waals surface area contributed by atoms with Crippen molar-refractivity contribution < 1.29 is 14.5 Å². The SMILES string of the molecule is COCCCN1C(=O)c2[nH]nc(-c3ccc([N+](=O)[O-])cc3)c2C1c1ccc(Cl)cc1Cl. The highest BCUT2D eigenvalue weighted by Gasteiger charge is 2.42. The minimum Gasteiger partial charge on any atom is -0.385 e. The van der Waals surface area contributed by atoms with E-state index in [1.807, 2.05) is 0 Å². The average molecular weight is 461 g/mol. The molecule has 31 heavy (non-hydrogen) atoms. The second-order valence-corrected chi connectivity index (χ2v) is 7.92. The van der Waals surface area contributed by atoms with E-state index in [1.54, 1.807) is 42.3 Å². The van der Waals surface area contributed by atoms with Crippen molar-refractivity contribution in [1.82, 2.24) is 15.1 Å². The molecule has 4 rings (SSSR count). The zero-order valence-corrected chi connectivity index (χ0v) is 18.0. The number of H-pyrrole nitrogens is 1. The molecular formula is C21H18Cl2N4O4. The number of benzene rings is 2. The Morgan fingerprint density at radius 2 is 1.97 bits per heavy atom. The van der Waals surface area contributed by atoms with E-state index in [4.69, 9.17) is 27.9 Å². The fraction of sp³-hybridized carbons (Fsp3) is 0.238. The molecule has 1 aromatic heterocycles. The largest absolute Gasteiger partial charge is 0.385 e. The summed E-state index contributed by atoms with van der Waals surface area (Å²) < 4.78 is 5.14. The zero-order chi connectivity index (χ0) is 22.1. The molecule has 0 saturated carbocycles. The minimum atomic E-state index is -0.479. The van der Waals surface area contributed by atoms with Crippen LogP contribution in [-0.4, -0.2) is 46.2 Å². The smallest absolute Gasteiger partial charge is 0.273 e. The van der Waals surface area contributed by atoms with Gasteiger partial charge in [0.25, 0.3) is 11.6 Å². The molecule has 8 nitrogen and oxygen atoms in total. The number of nitro groups is 1. The third-order valence-electron chi connectivity index (χ3n) is 5.22. The number of non-ortho nitro benzene ring substituents is 1. The van der Waals surface area contributed by atoms with Crippen LogP contribution in [-0.2, 0) is 4.74 Å². The van der Waals surface area contributed by atoms with Crippen LogP contribution >= 0.6 is 23.2 Å². The molecule has 0 spiro atoms. The molecule has 0 fully saturated rings. The maximum atomic E-state index is 13.2. The maximum absolute atomic E-state index is 13.2. The van der Waals surface area contributed by atoms with E-state index in [1.165, 1.54) is 12.1 Å². The van der Waals surface area contributed by atoms with Crippen LogP contribution in [0.3, 0.4) is 0 Å². The topological polar surface area (TPSA) is 101 Å². The van der Waals surface area contributed by atoms with E-state index in [9.17, 15) is 14.9 Å². The fourth-order valence-electron chi connectivity index (χ4n) is 3.81. The molecule has 0 aliphatic carbocycles. The normalized spacial score (nSPS) is 15.4. The summed E-state index contributed by atoms with van der Waals surface area (Å²) in [6.07, 6.45) is 0.647. The first-order valence-corrected chi connectivity index (χ1v) is 10.3. The number of rotatable bonds is 7. The van der Waals surface area contributed by atoms with Crippen molar-refractivity contribution in [1.29, 1.82) is 0 Å². The number of aromatic amines is 1. The third kappa shape index (κ3) is 3.89. The molecule has 1 N–H and O–H groups in total. The third-order valence-corrected chi connectivity index (χ3v) is 5.78. The van der Waals surface area contributed by atoms with E-state index in [0.717, 1.165) is 5.56 Å². The number of fused-ring (bicyclic) bond motifs is 1. The van der Waals surface area contributed by atoms with Crippen LogP contribution in [0.15, 0.2) is 42.5 Å². The number of hydrogen-bond acceptors (Lipinski definition) is 5. The second-order valence-electron chi connectivity index (χ2n) is 7.08. The van der Waals surface area contributed by atoms with E-state index in [0.29, 0.717) is 52.1 Å². The summed E-state index contributed by atoms with van der Waals surface area (Å²) in [5.74, 6) is -0.192. The lowest BCUT2D eigenvalue weighted by molar-refractivity contribution is -0.384. The van der Waals surface area contributed by atoms with E-state index < -0.39 is 11.0 Å². The average Bonchev–Trinajstić information content (AvgIpc) is 3.28. The van der Waals surface area contributed by atoms with Gasteiger partial charge in [-0.15, -0.1) is 0 Å². The Kier molecular flexibility index (Phi) is 5.95. The van der Waals surface area contributed by atoms with Crippen LogP contribution in [0.1, 0.15) is 34.1 Å². The molecule has 2 aromatic carbocycles. The first-order chi connectivity index (χ1) is 14.9. The van der Waals surface area contributed by atoms with E-state index in [-0.39, 0.29) is 11.6 Å². The predicted octanol–water partition coefficient (Wildman–Crippen LogP) is 4.87. The standard InChI is InChI=1S/C21H18Cl2N4O4/c1-31-10-2-9-26-20(15-8-5-13(22)11-16(15)23)17-18(24-25-19(17)21(26)28)12-3-6-14(7-4-12)27(29)30/h3-8,11,20H,2,9-10H2,1H3,(H,24,25). The van der Waals surface area contributed by atoms with Crippen LogP contribution in [0.2, 0.25) is 10.0 Å². The highest BCUT2D eigenvalue weighted by molar-refractivity contribution is 6.35. The van der Waals surface area contributed by atoms with Crippen LogP contribution in [0.4, 0.5) is 5.69 Å². The number of methoxy groups -OCH3 is 1. The summed E-state index contributed by atoms with van der Waals surface area (Å²) in [7, 11) is 1.61. The zero-order valence-electron chi connectivity index (χ0n) is 16.5. The van der Waals surface area contributed by atoms with Gasteiger partial charge in [0.05, 0.1) is 16.7 Å². The van der Waals surface area contributed by atoms with Gasteiger partial charge in [-0.1, -0.05) is 29.3 Å². The molecule has 10 heteroatoms. The summed E-state index contributed by atoms with van der Waals surface area (Å²) in [6.45, 7) is 0.963. The molecule has 0 radical (unpaired) electrons. The number of nitrogens with zero attached hydrogens (tertiary/aromatic N) is 3. The molecule has 3 aromatic rings. The monoisotopic (exact) mass is 460 g/mol. The molecule has 1 atom stereocenters. The summed E-state index contributed by atoms with van der Waals surface area (Å²) >= 11 is 12.6. The Morgan fingerprint density at radius 3 is 2.61 bits per heavy atom. The minimum absolute atomic E-state index is 0.0227. The van der Waals surface area contributed by atoms with Crippen LogP contribution in [0.25, 0.3) is 11.3 Å². The number of amides is 1. The van der Waals surface area contributed by atoms with Crippen molar-refractivity contribution in [2.24, 2.45) is 0 Å². The second kappa shape index (κ2) is 8.66. The molecule has 1 unspecified atom stereocenters. The summed E-state index contributed by atoms with van der Waals surface area (Å²) in [6, 6.07) is 10.7. The van der Waals surface area contributed by atoms with Gasteiger partial charge in [-0.25, -0.2) is 0 Å². The van der Waals surface area contributed by atoms with Gasteiger partial charge >= 0.3 is 0 Å². The lowest BCUT2D eigenvalue weighted by Gasteiger charge is -2.27. The number of hydrogen-bond donors (Lipinski definition) is 1. The first-order valence-electron chi connectivity index (χ1n) is 9.50. The molecule has 1 amide bonds. The maximum Gasteiger partial charge on any atom is 0.273 e. The molecule has 1 aliphatic rings. The lowest BCUT2D eigenvalue weighted by Crippen LogP contribution is -2.31. The Balaban J connectivity index is 1.82. The van der Waals surface area contributed by atoms with Gasteiger partial charge in [0.2, 0.25) is 0 Å². The van der Waals surface area contributed by atoms with Crippen LogP contribution < -0.4 is 0 Å². The highest BCUT2D eigenvalue weighted by Crippen LogP contribution is 2.45. The number of halogens is 2. The number of ether oxygens (including phenoxy) is 1. The van der Waals surface area contributed by atoms with Crippen molar-refractivity contribution >= 4 is 34.8 Å². The van der Waals surface area contributed by atoms with Gasteiger partial charge in [-0.2, -0.15) is 5.10 Å². The van der Waals surface area contributed by atoms with Crippen LogP contribution in [0.5, 0.6) is 0 Å². The van der Waals surface area contributed by atoms with E-state index >= 15 is 0 Å². The summed E-state index contributed by atoms with van der Waals surface area (Å²) in [4.78, 5) is 25.5. The van der Waals surface area contributed by atoms with Crippen molar-refractivity contribution in [2.75, 3.05) is 20.3 Å². The van der Waals surface area contributed by atoms with Gasteiger partial charge in [-0.3, -0.25) is 20.0 Å². The number of carbonyl (C=O) groups is 1. The highest BCUT2D eigenvalue weighted by atomic mass is 35.5. The van der Waals surface area contributed by atoms with E-state index in [2.05, 4.69) is 10.2 Å². The Labute approximate surface area is 187 Å². The van der Waals surface area contributed by atoms with Crippen molar-refractivity contribution in [3.63, 3.8) is 0 Å². The number of aromatic nitrogens is 2. The first kappa shape index (κ1) is 21.3. The van der Waals surface area contributed by atoms with Gasteiger partial charge in [0.1, 0.15) is 5.69 Å². The number of carbonyl (C=O) groups excluding carboxylic acids is 1. The molecule has 0 bridgehead atoms. The van der Waals surface area contributed by atoms with Crippen molar-refractivity contribution in [2.45, 2.75) is 12.5 Å². The van der Waals surface area contributed by atoms with Crippen LogP contribution in [0, 0.1) is 10.1 Å². The van der Waals surface area contributed by atoms with Gasteiger partial charge < -0.3 is 9.64 Å². The Bertz CT molecular complexity index is 1150. The summed E-state index contributed by atoms with van der Waals surface area (Å²) in [5, 5.41) is 19.1. The molecule has 2 heterocycles. The summed E-state index contributed by atoms with van der Waals surface area (Å²) in [5.41, 5.74) is 2.96. The molecule has 160 valence electrons. The Morgan fingerprint density at radius 1 is 1.23 bits per heavy atom.